The fourth-order valence-electron chi connectivity index (χ4n) is 2.25. The molecule has 2 N–H and O–H groups in total. The van der Waals surface area contributed by atoms with Gasteiger partial charge in [0.25, 0.3) is 0 Å². The van der Waals surface area contributed by atoms with E-state index in [1.165, 1.54) is 6.42 Å². The van der Waals surface area contributed by atoms with Crippen LogP contribution in [-0.4, -0.2) is 37.7 Å². The standard InChI is InChI=1S/C11H20N2O2/c1-15-9-6-8(7-9)13-11(14)10-4-2-3-5-12-10/h8-10,12H,2-7H2,1H3,(H,13,14)/t8?,9?,10-/m1/s1. The van der Waals surface area contributed by atoms with Crippen molar-refractivity contribution in [2.75, 3.05) is 13.7 Å². The van der Waals surface area contributed by atoms with Crippen molar-refractivity contribution in [1.82, 2.24) is 10.6 Å². The van der Waals surface area contributed by atoms with Gasteiger partial charge in [-0.25, -0.2) is 0 Å². The molecule has 1 atom stereocenters. The summed E-state index contributed by atoms with van der Waals surface area (Å²) in [4.78, 5) is 11.8. The number of ether oxygens (including phenoxy) is 1. The van der Waals surface area contributed by atoms with E-state index >= 15 is 0 Å². The zero-order valence-electron chi connectivity index (χ0n) is 9.29. The Kier molecular flexibility index (Phi) is 3.59. The molecule has 4 nitrogen and oxygen atoms in total. The van der Waals surface area contributed by atoms with Gasteiger partial charge in [-0.2, -0.15) is 0 Å². The summed E-state index contributed by atoms with van der Waals surface area (Å²) in [6.45, 7) is 0.976. The molecule has 1 amide bonds. The van der Waals surface area contributed by atoms with Crippen LogP contribution >= 0.6 is 0 Å². The van der Waals surface area contributed by atoms with E-state index in [0.29, 0.717) is 12.1 Å². The average Bonchev–Trinajstić information content (AvgIpc) is 2.23. The predicted octanol–water partition coefficient (Wildman–Crippen LogP) is 0.422. The van der Waals surface area contributed by atoms with E-state index in [-0.39, 0.29) is 11.9 Å². The molecule has 0 unspecified atom stereocenters. The second-order valence-electron chi connectivity index (χ2n) is 4.54. The largest absolute Gasteiger partial charge is 0.381 e. The van der Waals surface area contributed by atoms with Crippen molar-refractivity contribution in [1.29, 1.82) is 0 Å². The topological polar surface area (TPSA) is 50.4 Å². The first-order valence-corrected chi connectivity index (χ1v) is 5.86. The Morgan fingerprint density at radius 3 is 2.80 bits per heavy atom. The highest BCUT2D eigenvalue weighted by Gasteiger charge is 2.32. The summed E-state index contributed by atoms with van der Waals surface area (Å²) in [5, 5.41) is 6.32. The number of piperidine rings is 1. The van der Waals surface area contributed by atoms with Gasteiger partial charge in [0.2, 0.25) is 5.91 Å². The van der Waals surface area contributed by atoms with Gasteiger partial charge in [0, 0.05) is 13.2 Å². The molecule has 1 saturated carbocycles. The maximum atomic E-state index is 11.8. The second-order valence-corrected chi connectivity index (χ2v) is 4.54. The summed E-state index contributed by atoms with van der Waals surface area (Å²) in [5.41, 5.74) is 0. The van der Waals surface area contributed by atoms with E-state index in [0.717, 1.165) is 32.2 Å². The fraction of sp³-hybridized carbons (Fsp3) is 0.909. The minimum Gasteiger partial charge on any atom is -0.381 e. The molecule has 1 heterocycles. The van der Waals surface area contributed by atoms with Gasteiger partial charge in [-0.3, -0.25) is 4.79 Å². The molecule has 0 aromatic carbocycles. The van der Waals surface area contributed by atoms with Gasteiger partial charge in [0.1, 0.15) is 0 Å². The Morgan fingerprint density at radius 2 is 2.20 bits per heavy atom. The molecule has 2 aliphatic rings. The summed E-state index contributed by atoms with van der Waals surface area (Å²) in [6.07, 6.45) is 5.63. The number of nitrogens with one attached hydrogen (secondary N) is 2. The third-order valence-corrected chi connectivity index (χ3v) is 3.40. The highest BCUT2D eigenvalue weighted by atomic mass is 16.5. The second kappa shape index (κ2) is 4.94. The Morgan fingerprint density at radius 1 is 1.40 bits per heavy atom. The van der Waals surface area contributed by atoms with Gasteiger partial charge < -0.3 is 15.4 Å². The highest BCUT2D eigenvalue weighted by Crippen LogP contribution is 2.22. The van der Waals surface area contributed by atoms with E-state index in [9.17, 15) is 4.79 Å². The van der Waals surface area contributed by atoms with Crippen LogP contribution in [-0.2, 0) is 9.53 Å². The molecule has 1 saturated heterocycles. The van der Waals surface area contributed by atoms with E-state index in [1.807, 2.05) is 0 Å². The van der Waals surface area contributed by atoms with Crippen LogP contribution in [0, 0.1) is 0 Å². The third-order valence-electron chi connectivity index (χ3n) is 3.40. The summed E-state index contributed by atoms with van der Waals surface area (Å²) in [7, 11) is 1.73. The number of amides is 1. The summed E-state index contributed by atoms with van der Waals surface area (Å²) in [6, 6.07) is 0.381. The normalized spacial score (nSPS) is 35.7. The van der Waals surface area contributed by atoms with Crippen molar-refractivity contribution in [3.05, 3.63) is 0 Å². The van der Waals surface area contributed by atoms with Crippen molar-refractivity contribution >= 4 is 5.91 Å². The summed E-state index contributed by atoms with van der Waals surface area (Å²) in [5.74, 6) is 0.175. The molecule has 15 heavy (non-hydrogen) atoms. The van der Waals surface area contributed by atoms with E-state index in [1.54, 1.807) is 7.11 Å². The molecule has 0 aromatic heterocycles. The van der Waals surface area contributed by atoms with Gasteiger partial charge >= 0.3 is 0 Å². The Hall–Kier alpha value is -0.610. The lowest BCUT2D eigenvalue weighted by atomic mass is 9.89. The summed E-state index contributed by atoms with van der Waals surface area (Å²) >= 11 is 0. The number of carbonyl (C=O) groups excluding carboxylic acids is 1. The van der Waals surface area contributed by atoms with Crippen molar-refractivity contribution < 1.29 is 9.53 Å². The SMILES string of the molecule is COC1CC(NC(=O)[C@H]2CCCCN2)C1. The quantitative estimate of drug-likeness (QED) is 0.713. The zero-order valence-corrected chi connectivity index (χ0v) is 9.29. The van der Waals surface area contributed by atoms with Crippen LogP contribution in [0.2, 0.25) is 0 Å². The van der Waals surface area contributed by atoms with E-state index in [2.05, 4.69) is 10.6 Å². The molecule has 86 valence electrons. The van der Waals surface area contributed by atoms with Gasteiger partial charge in [-0.1, -0.05) is 6.42 Å². The van der Waals surface area contributed by atoms with Crippen LogP contribution in [0.5, 0.6) is 0 Å². The molecule has 2 fully saturated rings. The minimum atomic E-state index is 0.0420. The van der Waals surface area contributed by atoms with Crippen LogP contribution in [0.4, 0.5) is 0 Å². The molecule has 0 bridgehead atoms. The highest BCUT2D eigenvalue weighted by molar-refractivity contribution is 5.82. The Balaban J connectivity index is 1.68. The van der Waals surface area contributed by atoms with Gasteiger partial charge in [-0.05, 0) is 32.2 Å². The van der Waals surface area contributed by atoms with Crippen molar-refractivity contribution in [3.63, 3.8) is 0 Å². The van der Waals surface area contributed by atoms with Gasteiger partial charge in [0.15, 0.2) is 0 Å². The molecule has 0 spiro atoms. The van der Waals surface area contributed by atoms with Gasteiger partial charge in [0.05, 0.1) is 12.1 Å². The third kappa shape index (κ3) is 2.69. The maximum absolute atomic E-state index is 11.8. The number of methoxy groups -OCH3 is 1. The Labute approximate surface area is 90.8 Å². The molecule has 1 aliphatic heterocycles. The van der Waals surface area contributed by atoms with Crippen molar-refractivity contribution in [2.24, 2.45) is 0 Å². The molecular formula is C11H20N2O2. The first kappa shape index (κ1) is 10.9. The lowest BCUT2D eigenvalue weighted by Crippen LogP contribution is -2.54. The molecule has 4 heteroatoms. The number of carbonyl (C=O) groups is 1. The zero-order chi connectivity index (χ0) is 10.7. The molecule has 1 aliphatic carbocycles. The summed E-state index contributed by atoms with van der Waals surface area (Å²) < 4.78 is 5.18. The average molecular weight is 212 g/mol. The lowest BCUT2D eigenvalue weighted by molar-refractivity contribution is -0.126. The van der Waals surface area contributed by atoms with Crippen LogP contribution < -0.4 is 10.6 Å². The first-order chi connectivity index (χ1) is 7.29. The first-order valence-electron chi connectivity index (χ1n) is 5.86. The fourth-order valence-corrected chi connectivity index (χ4v) is 2.25. The smallest absolute Gasteiger partial charge is 0.237 e. The molecule has 0 aromatic rings. The van der Waals surface area contributed by atoms with Crippen LogP contribution in [0.25, 0.3) is 0 Å². The number of hydrogen-bond acceptors (Lipinski definition) is 3. The monoisotopic (exact) mass is 212 g/mol. The lowest BCUT2D eigenvalue weighted by Gasteiger charge is -2.36. The van der Waals surface area contributed by atoms with E-state index < -0.39 is 0 Å². The van der Waals surface area contributed by atoms with Crippen LogP contribution in [0.1, 0.15) is 32.1 Å². The van der Waals surface area contributed by atoms with Crippen molar-refractivity contribution in [2.45, 2.75) is 50.3 Å². The van der Waals surface area contributed by atoms with Crippen LogP contribution in [0.15, 0.2) is 0 Å². The number of rotatable bonds is 3. The predicted molar refractivity (Wildman–Crippen MR) is 57.6 cm³/mol. The molecular weight excluding hydrogens is 192 g/mol. The van der Waals surface area contributed by atoms with Gasteiger partial charge in [-0.15, -0.1) is 0 Å². The Bertz CT molecular complexity index is 221. The van der Waals surface area contributed by atoms with Crippen molar-refractivity contribution in [3.8, 4) is 0 Å². The van der Waals surface area contributed by atoms with E-state index in [4.69, 9.17) is 4.74 Å². The maximum Gasteiger partial charge on any atom is 0.237 e. The molecule has 0 radical (unpaired) electrons. The molecule has 2 rings (SSSR count). The van der Waals surface area contributed by atoms with Crippen LogP contribution in [0.3, 0.4) is 0 Å². The number of hydrogen-bond donors (Lipinski definition) is 2. The minimum absolute atomic E-state index is 0.0420.